The second-order valence-corrected chi connectivity index (χ2v) is 10.8. The zero-order valence-electron chi connectivity index (χ0n) is 23.1. The first-order valence-electron chi connectivity index (χ1n) is 13.8. The number of anilines is 1. The van der Waals surface area contributed by atoms with Gasteiger partial charge in [-0.3, -0.25) is 14.8 Å². The number of aryl methyl sites for hydroxylation is 1. The Labute approximate surface area is 245 Å². The second kappa shape index (κ2) is 11.5. The van der Waals surface area contributed by atoms with Crippen LogP contribution in [0.3, 0.4) is 0 Å². The molecule has 2 aromatic carbocycles. The summed E-state index contributed by atoms with van der Waals surface area (Å²) < 4.78 is 2.33. The summed E-state index contributed by atoms with van der Waals surface area (Å²) in [5.74, 6) is -0.0488. The van der Waals surface area contributed by atoms with Crippen LogP contribution in [0.15, 0.2) is 97.5 Å². The fourth-order valence-corrected chi connectivity index (χ4v) is 6.13. The van der Waals surface area contributed by atoms with E-state index in [4.69, 9.17) is 12.2 Å². The first-order valence-corrected chi connectivity index (χ1v) is 14.2. The second-order valence-electron chi connectivity index (χ2n) is 10.4. The van der Waals surface area contributed by atoms with Gasteiger partial charge in [-0.05, 0) is 79.0 Å². The molecule has 1 fully saturated rings. The third-order valence-corrected chi connectivity index (χ3v) is 8.22. The number of hydrogen-bond donors (Lipinski definition) is 2. The molecule has 1 aliphatic rings. The number of fused-ring (bicyclic) bond motifs is 1. The van der Waals surface area contributed by atoms with Gasteiger partial charge in [0.2, 0.25) is 5.91 Å². The van der Waals surface area contributed by atoms with Crippen molar-refractivity contribution < 1.29 is 4.79 Å². The third kappa shape index (κ3) is 5.43. The number of rotatable bonds is 8. The molecular weight excluding hydrogens is 528 g/mol. The van der Waals surface area contributed by atoms with E-state index in [1.807, 2.05) is 91.4 Å². The highest BCUT2D eigenvalue weighted by atomic mass is 32.1. The van der Waals surface area contributed by atoms with Gasteiger partial charge in [-0.2, -0.15) is 0 Å². The number of carbonyl (C=O) groups is 1. The van der Waals surface area contributed by atoms with Crippen molar-refractivity contribution in [1.82, 2.24) is 24.8 Å². The SMILES string of the molecule is Cc1cc(C2C(c3ccccn3)NC(=S)N2CCC(=O)Nc2cccc3ccccc23)c(C)n1Cc1ccncc1. The predicted octanol–water partition coefficient (Wildman–Crippen LogP) is 6.10. The van der Waals surface area contributed by atoms with Gasteiger partial charge in [0.25, 0.3) is 0 Å². The summed E-state index contributed by atoms with van der Waals surface area (Å²) in [6.45, 7) is 5.53. The third-order valence-electron chi connectivity index (χ3n) is 7.86. The largest absolute Gasteiger partial charge is 0.352 e. The lowest BCUT2D eigenvalue weighted by molar-refractivity contribution is -0.116. The summed E-state index contributed by atoms with van der Waals surface area (Å²) >= 11 is 5.87. The Bertz CT molecular complexity index is 1700. The van der Waals surface area contributed by atoms with E-state index >= 15 is 0 Å². The number of nitrogens with one attached hydrogen (secondary N) is 2. The van der Waals surface area contributed by atoms with Gasteiger partial charge < -0.3 is 20.1 Å². The van der Waals surface area contributed by atoms with E-state index in [-0.39, 0.29) is 18.0 Å². The smallest absolute Gasteiger partial charge is 0.226 e. The van der Waals surface area contributed by atoms with E-state index in [1.54, 1.807) is 0 Å². The molecule has 7 nitrogen and oxygen atoms in total. The fraction of sp³-hybridized carbons (Fsp3) is 0.212. The van der Waals surface area contributed by atoms with Crippen molar-refractivity contribution in [2.75, 3.05) is 11.9 Å². The molecule has 0 bridgehead atoms. The molecule has 1 saturated heterocycles. The Morgan fingerprint density at radius 1 is 0.976 bits per heavy atom. The highest BCUT2D eigenvalue weighted by Crippen LogP contribution is 2.41. The molecule has 0 aliphatic carbocycles. The van der Waals surface area contributed by atoms with Crippen LogP contribution in [0.25, 0.3) is 10.8 Å². The summed E-state index contributed by atoms with van der Waals surface area (Å²) in [5.41, 5.74) is 6.44. The number of thiocarbonyl (C=S) groups is 1. The fourth-order valence-electron chi connectivity index (χ4n) is 5.80. The predicted molar refractivity (Wildman–Crippen MR) is 167 cm³/mol. The minimum Gasteiger partial charge on any atom is -0.352 e. The molecule has 206 valence electrons. The van der Waals surface area contributed by atoms with Crippen LogP contribution in [0, 0.1) is 13.8 Å². The number of amides is 1. The lowest BCUT2D eigenvalue weighted by Crippen LogP contribution is -2.33. The topological polar surface area (TPSA) is 75.1 Å². The monoisotopic (exact) mass is 560 g/mol. The van der Waals surface area contributed by atoms with Crippen LogP contribution in [-0.4, -0.2) is 37.0 Å². The number of aromatic nitrogens is 3. The Morgan fingerprint density at radius 2 is 1.76 bits per heavy atom. The van der Waals surface area contributed by atoms with Crippen LogP contribution in [0.2, 0.25) is 0 Å². The van der Waals surface area contributed by atoms with E-state index < -0.39 is 0 Å². The van der Waals surface area contributed by atoms with Gasteiger partial charge in [0.15, 0.2) is 5.11 Å². The summed E-state index contributed by atoms with van der Waals surface area (Å²) in [6, 6.07) is 26.0. The molecule has 0 radical (unpaired) electrons. The molecule has 2 unspecified atom stereocenters. The molecule has 1 amide bonds. The molecule has 1 aliphatic heterocycles. The van der Waals surface area contributed by atoms with Crippen LogP contribution in [0.4, 0.5) is 5.69 Å². The maximum Gasteiger partial charge on any atom is 0.226 e. The van der Waals surface area contributed by atoms with Gasteiger partial charge in [-0.15, -0.1) is 0 Å². The maximum absolute atomic E-state index is 13.2. The first-order chi connectivity index (χ1) is 20.0. The molecule has 5 aromatic rings. The zero-order valence-corrected chi connectivity index (χ0v) is 23.9. The summed E-state index contributed by atoms with van der Waals surface area (Å²) in [7, 11) is 0. The number of benzene rings is 2. The van der Waals surface area contributed by atoms with Gasteiger partial charge >= 0.3 is 0 Å². The average Bonchev–Trinajstić information content (AvgIpc) is 3.47. The first kappa shape index (κ1) is 26.7. The summed E-state index contributed by atoms with van der Waals surface area (Å²) in [4.78, 5) is 24.2. The lowest BCUT2D eigenvalue weighted by atomic mass is 9.96. The quantitative estimate of drug-likeness (QED) is 0.224. The maximum atomic E-state index is 13.2. The Balaban J connectivity index is 1.28. The van der Waals surface area contributed by atoms with Crippen LogP contribution in [0.1, 0.15) is 46.7 Å². The number of carbonyl (C=O) groups excluding carboxylic acids is 1. The van der Waals surface area contributed by atoms with E-state index in [0.29, 0.717) is 18.1 Å². The molecule has 6 rings (SSSR count). The van der Waals surface area contributed by atoms with E-state index in [2.05, 4.69) is 50.0 Å². The molecule has 4 heterocycles. The average molecular weight is 561 g/mol. The Morgan fingerprint density at radius 3 is 2.56 bits per heavy atom. The molecule has 0 spiro atoms. The Hall–Kier alpha value is -4.56. The van der Waals surface area contributed by atoms with Crippen molar-refractivity contribution in [3.63, 3.8) is 0 Å². The summed E-state index contributed by atoms with van der Waals surface area (Å²) in [6.07, 6.45) is 5.76. The van der Waals surface area contributed by atoms with Crippen molar-refractivity contribution in [3.05, 3.63) is 126 Å². The molecule has 8 heteroatoms. The molecule has 41 heavy (non-hydrogen) atoms. The van der Waals surface area contributed by atoms with E-state index in [1.165, 1.54) is 22.5 Å². The van der Waals surface area contributed by atoms with Crippen molar-refractivity contribution in [1.29, 1.82) is 0 Å². The van der Waals surface area contributed by atoms with E-state index in [9.17, 15) is 4.79 Å². The van der Waals surface area contributed by atoms with Gasteiger partial charge in [0, 0.05) is 60.6 Å². The van der Waals surface area contributed by atoms with Gasteiger partial charge in [0.05, 0.1) is 17.8 Å². The number of pyridine rings is 2. The van der Waals surface area contributed by atoms with Gasteiger partial charge in [-0.1, -0.05) is 42.5 Å². The van der Waals surface area contributed by atoms with Crippen molar-refractivity contribution >= 4 is 39.7 Å². The van der Waals surface area contributed by atoms with Crippen molar-refractivity contribution in [3.8, 4) is 0 Å². The Kier molecular flexibility index (Phi) is 7.48. The summed E-state index contributed by atoms with van der Waals surface area (Å²) in [5, 5.41) is 9.39. The van der Waals surface area contributed by atoms with Crippen LogP contribution >= 0.6 is 12.2 Å². The van der Waals surface area contributed by atoms with Crippen LogP contribution in [0.5, 0.6) is 0 Å². The minimum absolute atomic E-state index is 0.0488. The van der Waals surface area contributed by atoms with Gasteiger partial charge in [0.1, 0.15) is 0 Å². The van der Waals surface area contributed by atoms with Crippen LogP contribution in [-0.2, 0) is 11.3 Å². The molecule has 2 N–H and O–H groups in total. The molecular formula is C33H32N6OS. The standard InChI is InChI=1S/C33H32N6OS/c1-22-20-27(23(2)39(22)21-24-13-17-34-18-14-24)32-31(29-11-5-6-16-35-29)37-33(41)38(32)19-15-30(40)36-28-12-7-9-25-8-3-4-10-26(25)28/h3-14,16-18,20,31-32H,15,19,21H2,1-2H3,(H,36,40)(H,37,41). The van der Waals surface area contributed by atoms with Gasteiger partial charge in [-0.25, -0.2) is 0 Å². The number of nitrogens with zero attached hydrogens (tertiary/aromatic N) is 4. The van der Waals surface area contributed by atoms with Crippen LogP contribution < -0.4 is 10.6 Å². The molecule has 2 atom stereocenters. The highest BCUT2D eigenvalue weighted by molar-refractivity contribution is 7.80. The normalized spacial score (nSPS) is 16.6. The van der Waals surface area contributed by atoms with E-state index in [0.717, 1.165) is 28.7 Å². The number of hydrogen-bond acceptors (Lipinski definition) is 4. The zero-order chi connectivity index (χ0) is 28.3. The van der Waals surface area contributed by atoms with Crippen molar-refractivity contribution in [2.45, 2.75) is 38.9 Å². The minimum atomic E-state index is -0.139. The molecule has 3 aromatic heterocycles. The van der Waals surface area contributed by atoms with Crippen molar-refractivity contribution in [2.24, 2.45) is 0 Å². The molecule has 0 saturated carbocycles. The lowest BCUT2D eigenvalue weighted by Gasteiger charge is -2.28. The highest BCUT2D eigenvalue weighted by Gasteiger charge is 2.41.